The monoisotopic (exact) mass is 174 g/mol. The van der Waals surface area contributed by atoms with Gasteiger partial charge in [-0.2, -0.15) is 0 Å². The van der Waals surface area contributed by atoms with E-state index in [2.05, 4.69) is 0 Å². The van der Waals surface area contributed by atoms with Crippen molar-refractivity contribution >= 4 is 5.78 Å². The Hall–Kier alpha value is -1.53. The molecule has 0 saturated heterocycles. The molecule has 66 valence electrons. The van der Waals surface area contributed by atoms with Crippen LogP contribution in [-0.4, -0.2) is 21.3 Å². The topological polar surface area (TPSA) is 103 Å². The lowest BCUT2D eigenvalue weighted by molar-refractivity contribution is -0.774. The summed E-state index contributed by atoms with van der Waals surface area (Å²) in [6, 6.07) is 0. The molecule has 0 unspecified atom stereocenters. The van der Waals surface area contributed by atoms with Gasteiger partial charge >= 0.3 is 5.66 Å². The van der Waals surface area contributed by atoms with E-state index >= 15 is 0 Å². The van der Waals surface area contributed by atoms with Crippen molar-refractivity contribution in [2.45, 2.75) is 24.9 Å². The minimum absolute atomic E-state index is 0.0675. The Kier molecular flexibility index (Phi) is 1.79. The summed E-state index contributed by atoms with van der Waals surface area (Å²) in [5, 5.41) is 20.6. The Balaban J connectivity index is 3.10. The van der Waals surface area contributed by atoms with E-state index in [-0.39, 0.29) is 19.3 Å². The first kappa shape index (κ1) is 8.57. The Morgan fingerprint density at radius 2 is 1.75 bits per heavy atom. The zero-order valence-electron chi connectivity index (χ0n) is 6.06. The molecule has 1 fully saturated rings. The molecule has 0 radical (unpaired) electrons. The van der Waals surface area contributed by atoms with Gasteiger partial charge in [0.15, 0.2) is 0 Å². The zero-order chi connectivity index (χ0) is 9.35. The average Bonchev–Trinajstić information content (AvgIpc) is 2.31. The summed E-state index contributed by atoms with van der Waals surface area (Å²) in [5.74, 6) is -0.891. The van der Waals surface area contributed by atoms with Crippen molar-refractivity contribution in [3.63, 3.8) is 0 Å². The van der Waals surface area contributed by atoms with Gasteiger partial charge in [-0.05, 0) is 6.42 Å². The van der Waals surface area contributed by atoms with Crippen molar-refractivity contribution in [1.29, 1.82) is 0 Å². The van der Waals surface area contributed by atoms with Crippen LogP contribution in [0.5, 0.6) is 0 Å². The van der Waals surface area contributed by atoms with Gasteiger partial charge in [-0.1, -0.05) is 0 Å². The van der Waals surface area contributed by atoms with Crippen molar-refractivity contribution in [3.8, 4) is 0 Å². The molecule has 0 heterocycles. The predicted molar refractivity (Wildman–Crippen MR) is 35.6 cm³/mol. The van der Waals surface area contributed by atoms with E-state index in [1.54, 1.807) is 0 Å². The molecule has 7 nitrogen and oxygen atoms in total. The van der Waals surface area contributed by atoms with Gasteiger partial charge in [0, 0.05) is 6.42 Å². The van der Waals surface area contributed by atoms with E-state index in [0.29, 0.717) is 0 Å². The maximum absolute atomic E-state index is 10.9. The molecule has 0 bridgehead atoms. The highest BCUT2D eigenvalue weighted by Crippen LogP contribution is 2.29. The number of hydrogen-bond acceptors (Lipinski definition) is 5. The van der Waals surface area contributed by atoms with Gasteiger partial charge in [-0.15, -0.1) is 0 Å². The quantitative estimate of drug-likeness (QED) is 0.332. The number of nitrogens with zero attached hydrogens (tertiary/aromatic N) is 2. The van der Waals surface area contributed by atoms with E-state index < -0.39 is 21.3 Å². The molecule has 7 heteroatoms. The summed E-state index contributed by atoms with van der Waals surface area (Å²) in [7, 11) is 0. The van der Waals surface area contributed by atoms with Crippen LogP contribution < -0.4 is 0 Å². The molecule has 0 aliphatic heterocycles. The van der Waals surface area contributed by atoms with Crippen LogP contribution in [0.25, 0.3) is 0 Å². The summed E-state index contributed by atoms with van der Waals surface area (Å²) in [4.78, 5) is 29.3. The molecule has 0 aromatic rings. The van der Waals surface area contributed by atoms with E-state index in [9.17, 15) is 25.0 Å². The number of rotatable bonds is 2. The van der Waals surface area contributed by atoms with Gasteiger partial charge in [-0.3, -0.25) is 25.0 Å². The number of hydrogen-bond donors (Lipinski definition) is 0. The minimum Gasteiger partial charge on any atom is -0.283 e. The molecule has 0 atom stereocenters. The second kappa shape index (κ2) is 2.50. The molecule has 1 saturated carbocycles. The third-order valence-corrected chi connectivity index (χ3v) is 1.98. The minimum atomic E-state index is -2.54. The standard InChI is InChI=1S/C5H6N2O5/c8-4-2-1-3-5(4,6(9)10)7(11)12/h1-3H2. The highest BCUT2D eigenvalue weighted by Gasteiger charge is 2.65. The Labute approximate surface area is 66.7 Å². The third kappa shape index (κ3) is 0.858. The molecular weight excluding hydrogens is 168 g/mol. The lowest BCUT2D eigenvalue weighted by Gasteiger charge is -2.07. The van der Waals surface area contributed by atoms with Gasteiger partial charge in [0.25, 0.3) is 5.78 Å². The van der Waals surface area contributed by atoms with Gasteiger partial charge in [-0.25, -0.2) is 0 Å². The maximum atomic E-state index is 10.9. The summed E-state index contributed by atoms with van der Waals surface area (Å²) >= 11 is 0. The summed E-state index contributed by atoms with van der Waals surface area (Å²) in [5.41, 5.74) is -2.54. The third-order valence-electron chi connectivity index (χ3n) is 1.98. The first-order valence-corrected chi connectivity index (χ1v) is 3.34. The fourth-order valence-electron chi connectivity index (χ4n) is 1.29. The summed E-state index contributed by atoms with van der Waals surface area (Å²) < 4.78 is 0. The second-order valence-electron chi connectivity index (χ2n) is 2.61. The molecular formula is C5H6N2O5. The fraction of sp³-hybridized carbons (Fsp3) is 0.800. The van der Waals surface area contributed by atoms with Crippen molar-refractivity contribution in [3.05, 3.63) is 20.2 Å². The van der Waals surface area contributed by atoms with Crippen LogP contribution in [0.4, 0.5) is 0 Å². The van der Waals surface area contributed by atoms with Gasteiger partial charge < -0.3 is 0 Å². The average molecular weight is 174 g/mol. The molecule has 1 rings (SSSR count). The molecule has 0 amide bonds. The smallest absolute Gasteiger partial charge is 0.283 e. The Morgan fingerprint density at radius 3 is 1.92 bits per heavy atom. The lowest BCUT2D eigenvalue weighted by atomic mass is 10.1. The van der Waals surface area contributed by atoms with Crippen LogP contribution in [0.2, 0.25) is 0 Å². The van der Waals surface area contributed by atoms with Crippen LogP contribution in [-0.2, 0) is 4.79 Å². The molecule has 0 N–H and O–H groups in total. The van der Waals surface area contributed by atoms with Gasteiger partial charge in [0.1, 0.15) is 9.85 Å². The number of ketones is 1. The predicted octanol–water partition coefficient (Wildman–Crippen LogP) is -0.0109. The largest absolute Gasteiger partial charge is 0.515 e. The summed E-state index contributed by atoms with van der Waals surface area (Å²) in [6.07, 6.45) is -0.130. The highest BCUT2D eigenvalue weighted by molar-refractivity contribution is 5.87. The second-order valence-corrected chi connectivity index (χ2v) is 2.61. The Morgan fingerprint density at radius 1 is 1.25 bits per heavy atom. The first-order valence-electron chi connectivity index (χ1n) is 3.34. The Bertz CT molecular complexity index is 247. The lowest BCUT2D eigenvalue weighted by Crippen LogP contribution is -2.49. The maximum Gasteiger partial charge on any atom is 0.515 e. The molecule has 0 spiro atoms. The van der Waals surface area contributed by atoms with Crippen LogP contribution in [0.3, 0.4) is 0 Å². The number of carbonyl (C=O) groups is 1. The molecule has 1 aliphatic carbocycles. The van der Waals surface area contributed by atoms with Crippen molar-refractivity contribution < 1.29 is 14.6 Å². The molecule has 1 aliphatic rings. The SMILES string of the molecule is O=C1CCCC1([N+](=O)[O-])[N+](=O)[O-]. The van der Waals surface area contributed by atoms with E-state index in [0.717, 1.165) is 0 Å². The normalized spacial score (nSPS) is 20.8. The van der Waals surface area contributed by atoms with E-state index in [1.165, 1.54) is 0 Å². The van der Waals surface area contributed by atoms with E-state index in [1.807, 2.05) is 0 Å². The highest BCUT2D eigenvalue weighted by atomic mass is 16.7. The fourth-order valence-corrected chi connectivity index (χ4v) is 1.29. The number of Topliss-reactive ketones (excluding diaryl/α,β-unsaturated/α-hetero) is 1. The van der Waals surface area contributed by atoms with Gasteiger partial charge in [0.2, 0.25) is 0 Å². The van der Waals surface area contributed by atoms with Crippen LogP contribution >= 0.6 is 0 Å². The number of nitro groups is 2. The van der Waals surface area contributed by atoms with Crippen LogP contribution in [0.15, 0.2) is 0 Å². The first-order chi connectivity index (χ1) is 5.51. The van der Waals surface area contributed by atoms with E-state index in [4.69, 9.17) is 0 Å². The van der Waals surface area contributed by atoms with Crippen LogP contribution in [0.1, 0.15) is 19.3 Å². The number of carbonyl (C=O) groups excluding carboxylic acids is 1. The molecule has 12 heavy (non-hydrogen) atoms. The zero-order valence-corrected chi connectivity index (χ0v) is 6.06. The summed E-state index contributed by atoms with van der Waals surface area (Å²) in [6.45, 7) is 0. The molecule has 0 aromatic heterocycles. The van der Waals surface area contributed by atoms with Crippen LogP contribution in [0, 0.1) is 20.2 Å². The molecule has 0 aromatic carbocycles. The van der Waals surface area contributed by atoms with Crippen molar-refractivity contribution in [2.75, 3.05) is 0 Å². The van der Waals surface area contributed by atoms with Gasteiger partial charge in [0.05, 0.1) is 6.42 Å². The van der Waals surface area contributed by atoms with Crippen molar-refractivity contribution in [2.24, 2.45) is 0 Å². The van der Waals surface area contributed by atoms with Crippen molar-refractivity contribution in [1.82, 2.24) is 0 Å².